The zero-order chi connectivity index (χ0) is 20.4. The molecule has 5 N–H and O–H groups in total. The molecule has 2 fully saturated rings. The first-order valence-corrected chi connectivity index (χ1v) is 8.60. The van der Waals surface area contributed by atoms with E-state index in [0.29, 0.717) is 18.4 Å². The largest absolute Gasteiger partial charge is 0.490 e. The zero-order valence-electron chi connectivity index (χ0n) is 15.4. The normalized spacial score (nSPS) is 21.9. The van der Waals surface area contributed by atoms with Gasteiger partial charge in [-0.3, -0.25) is 0 Å². The van der Waals surface area contributed by atoms with E-state index in [0.717, 1.165) is 30.5 Å². The van der Waals surface area contributed by atoms with Crippen LogP contribution in [0.15, 0.2) is 42.6 Å². The van der Waals surface area contributed by atoms with Crippen molar-refractivity contribution in [3.05, 3.63) is 59.5 Å². The van der Waals surface area contributed by atoms with E-state index in [1.165, 1.54) is 6.20 Å². The van der Waals surface area contributed by atoms with Crippen molar-refractivity contribution in [2.75, 3.05) is 6.54 Å². The van der Waals surface area contributed by atoms with Gasteiger partial charge < -0.3 is 21.3 Å². The second-order valence-electron chi connectivity index (χ2n) is 6.67. The van der Waals surface area contributed by atoms with E-state index < -0.39 is 12.1 Å². The third kappa shape index (κ3) is 5.21. The first-order valence-electron chi connectivity index (χ1n) is 8.60. The molecule has 1 aliphatic heterocycles. The second-order valence-corrected chi connectivity index (χ2v) is 6.67. The van der Waals surface area contributed by atoms with Crippen molar-refractivity contribution in [2.45, 2.75) is 31.2 Å². The Bertz CT molecular complexity index is 848. The van der Waals surface area contributed by atoms with E-state index in [2.05, 4.69) is 10.3 Å². The molecule has 1 saturated heterocycles. The fraction of sp³-hybridized carbons (Fsp3) is 0.368. The number of rotatable bonds is 4. The monoisotopic (exact) mass is 415 g/mol. The molecule has 29 heavy (non-hydrogen) atoms. The van der Waals surface area contributed by atoms with Crippen molar-refractivity contribution < 1.29 is 32.2 Å². The van der Waals surface area contributed by atoms with Crippen molar-refractivity contribution >= 4 is 5.97 Å². The summed E-state index contributed by atoms with van der Waals surface area (Å²) in [5.41, 5.74) is 1.86. The Morgan fingerprint density at radius 2 is 1.97 bits per heavy atom. The summed E-state index contributed by atoms with van der Waals surface area (Å²) in [6.45, 7) is 1.44. The van der Waals surface area contributed by atoms with E-state index >= 15 is 0 Å². The average molecular weight is 415 g/mol. The minimum absolute atomic E-state index is 0. The van der Waals surface area contributed by atoms with E-state index in [9.17, 15) is 17.6 Å². The van der Waals surface area contributed by atoms with Crippen LogP contribution >= 0.6 is 0 Å². The fourth-order valence-corrected chi connectivity index (χ4v) is 3.38. The lowest BCUT2D eigenvalue weighted by Gasteiger charge is -2.18. The van der Waals surface area contributed by atoms with Crippen LogP contribution in [0.3, 0.4) is 0 Å². The number of piperidine rings is 1. The molecule has 1 aromatic carbocycles. The maximum absolute atomic E-state index is 13.6. The summed E-state index contributed by atoms with van der Waals surface area (Å²) in [4.78, 5) is 13.1. The van der Waals surface area contributed by atoms with Gasteiger partial charge >= 0.3 is 12.1 Å². The molecule has 2 aliphatic rings. The number of fused-ring (bicyclic) bond motifs is 1. The molecule has 0 bridgehead atoms. The van der Waals surface area contributed by atoms with Crippen molar-refractivity contribution in [2.24, 2.45) is 5.92 Å². The summed E-state index contributed by atoms with van der Waals surface area (Å²) in [6.07, 6.45) is -1.65. The van der Waals surface area contributed by atoms with Gasteiger partial charge in [0.1, 0.15) is 12.4 Å². The molecule has 158 valence electrons. The van der Waals surface area contributed by atoms with Crippen molar-refractivity contribution in [3.63, 3.8) is 0 Å². The molecule has 0 radical (unpaired) electrons. The van der Waals surface area contributed by atoms with Crippen LogP contribution in [0.5, 0.6) is 5.88 Å². The number of pyridine rings is 1. The summed E-state index contributed by atoms with van der Waals surface area (Å²) in [7, 11) is 0. The molecule has 2 unspecified atom stereocenters. The van der Waals surface area contributed by atoms with Gasteiger partial charge in [-0.15, -0.1) is 0 Å². The van der Waals surface area contributed by atoms with Crippen LogP contribution in [0.4, 0.5) is 17.6 Å². The molecule has 1 saturated carbocycles. The van der Waals surface area contributed by atoms with Crippen LogP contribution in [0.25, 0.3) is 0 Å². The number of nitrogens with one attached hydrogen (secondary N) is 1. The number of halogens is 4. The minimum atomic E-state index is -5.08. The Kier molecular flexibility index (Phi) is 6.81. The van der Waals surface area contributed by atoms with Crippen LogP contribution in [-0.4, -0.2) is 28.8 Å². The number of hydrogen-bond acceptors (Lipinski definition) is 5. The summed E-state index contributed by atoms with van der Waals surface area (Å²) < 4.78 is 51.2. The number of hydrogen-bond donors (Lipinski definition) is 3. The van der Waals surface area contributed by atoms with E-state index in [-0.39, 0.29) is 17.5 Å². The van der Waals surface area contributed by atoms with Crippen LogP contribution in [0.2, 0.25) is 0 Å². The smallest absolute Gasteiger partial charge is 0.475 e. The van der Waals surface area contributed by atoms with Crippen molar-refractivity contribution in [1.82, 2.24) is 16.5 Å². The molecule has 0 amide bonds. The first kappa shape index (κ1) is 22.6. The highest BCUT2D eigenvalue weighted by atomic mass is 19.4. The van der Waals surface area contributed by atoms with Crippen molar-refractivity contribution in [3.8, 4) is 5.88 Å². The maximum Gasteiger partial charge on any atom is 0.490 e. The zero-order valence-corrected chi connectivity index (χ0v) is 15.4. The maximum atomic E-state index is 13.6. The molecule has 2 atom stereocenters. The molecule has 6 nitrogen and oxygen atoms in total. The van der Waals surface area contributed by atoms with Gasteiger partial charge in [-0.05, 0) is 36.9 Å². The predicted molar refractivity (Wildman–Crippen MR) is 96.1 cm³/mol. The summed E-state index contributed by atoms with van der Waals surface area (Å²) in [5.74, 6) is -1.91. The van der Waals surface area contributed by atoms with E-state index in [1.54, 1.807) is 6.07 Å². The van der Waals surface area contributed by atoms with Crippen LogP contribution in [0.1, 0.15) is 24.0 Å². The number of carboxylic acid groups (broad SMARTS) is 1. The number of carboxylic acids is 1. The number of ether oxygens (including phenoxy) is 1. The Balaban J connectivity index is 0.000000327. The van der Waals surface area contributed by atoms with Gasteiger partial charge in [-0.25, -0.2) is 14.2 Å². The lowest BCUT2D eigenvalue weighted by Crippen LogP contribution is -2.26. The highest BCUT2D eigenvalue weighted by Crippen LogP contribution is 2.58. The third-order valence-corrected chi connectivity index (χ3v) is 4.80. The number of benzene rings is 1. The quantitative estimate of drug-likeness (QED) is 0.656. The molecular formula is C19H21F4N3O3. The highest BCUT2D eigenvalue weighted by Gasteiger charge is 2.59. The fourth-order valence-electron chi connectivity index (χ4n) is 3.38. The molecule has 10 heteroatoms. The Hall–Kier alpha value is -2.72. The van der Waals surface area contributed by atoms with Gasteiger partial charge in [0, 0.05) is 5.56 Å². The molecule has 2 aromatic rings. The van der Waals surface area contributed by atoms with E-state index in [4.69, 9.17) is 14.6 Å². The predicted octanol–water partition coefficient (Wildman–Crippen LogP) is 3.80. The SMILES string of the molecule is Fc1cnc(OCc2ccccc2)c(C23CC2CCN3)c1.N.O=C(O)C(F)(F)F. The van der Waals surface area contributed by atoms with Gasteiger partial charge in [0.2, 0.25) is 5.88 Å². The van der Waals surface area contributed by atoms with Gasteiger partial charge in [0.05, 0.1) is 11.7 Å². The molecule has 1 aromatic heterocycles. The van der Waals surface area contributed by atoms with E-state index in [1.807, 2.05) is 30.3 Å². The van der Waals surface area contributed by atoms with Crippen molar-refractivity contribution in [1.29, 1.82) is 0 Å². The minimum Gasteiger partial charge on any atom is -0.475 e. The topological polar surface area (TPSA) is 106 Å². The highest BCUT2D eigenvalue weighted by molar-refractivity contribution is 5.73. The standard InChI is InChI=1S/C17H17FN2O.C2HF3O2.H3N/c18-14-8-15(17-9-13(17)6-7-20-17)16(19-10-14)21-11-12-4-2-1-3-5-12;3-2(4,5)1(6)7;/h1-5,8,10,13,20H,6-7,9,11H2;(H,6,7);1H3. The van der Waals surface area contributed by atoms with Crippen LogP contribution < -0.4 is 16.2 Å². The third-order valence-electron chi connectivity index (χ3n) is 4.80. The number of aliphatic carboxylic acids is 1. The summed E-state index contributed by atoms with van der Waals surface area (Å²) >= 11 is 0. The number of nitrogens with zero attached hydrogens (tertiary/aromatic N) is 1. The van der Waals surface area contributed by atoms with Gasteiger partial charge in [-0.1, -0.05) is 30.3 Å². The Morgan fingerprint density at radius 1 is 1.31 bits per heavy atom. The van der Waals surface area contributed by atoms with Crippen LogP contribution in [0, 0.1) is 11.7 Å². The first-order chi connectivity index (χ1) is 13.2. The Morgan fingerprint density at radius 3 is 2.48 bits per heavy atom. The average Bonchev–Trinajstić information content (AvgIpc) is 3.22. The number of aromatic nitrogens is 1. The molecule has 0 spiro atoms. The number of alkyl halides is 3. The molecular weight excluding hydrogens is 394 g/mol. The lowest BCUT2D eigenvalue weighted by molar-refractivity contribution is -0.192. The van der Waals surface area contributed by atoms with Gasteiger partial charge in [-0.2, -0.15) is 13.2 Å². The van der Waals surface area contributed by atoms with Gasteiger partial charge in [0.25, 0.3) is 0 Å². The lowest BCUT2D eigenvalue weighted by atomic mass is 10.1. The van der Waals surface area contributed by atoms with Crippen LogP contribution in [-0.2, 0) is 16.9 Å². The Labute approximate surface area is 164 Å². The summed E-state index contributed by atoms with van der Waals surface area (Å²) in [5, 5.41) is 10.6. The number of carbonyl (C=O) groups is 1. The molecule has 2 heterocycles. The molecule has 1 aliphatic carbocycles. The second kappa shape index (κ2) is 8.75. The molecule has 4 rings (SSSR count). The van der Waals surface area contributed by atoms with Gasteiger partial charge in [0.15, 0.2) is 0 Å². The summed E-state index contributed by atoms with van der Waals surface area (Å²) in [6, 6.07) is 11.5.